The summed E-state index contributed by atoms with van der Waals surface area (Å²) in [6, 6.07) is 5.86. The first kappa shape index (κ1) is 16.4. The van der Waals surface area contributed by atoms with Crippen molar-refractivity contribution in [2.45, 2.75) is 57.3 Å². The van der Waals surface area contributed by atoms with E-state index in [4.69, 9.17) is 16.1 Å². The maximum Gasteiger partial charge on any atom is 0.168 e. The third-order valence-corrected chi connectivity index (χ3v) is 6.25. The number of fused-ring (bicyclic) bond motifs is 1. The largest absolute Gasteiger partial charge is 0.356 e. The van der Waals surface area contributed by atoms with Crippen molar-refractivity contribution in [3.8, 4) is 0 Å². The van der Waals surface area contributed by atoms with Crippen molar-refractivity contribution < 1.29 is 4.52 Å². The standard InChI is InChI=1S/C20H27ClN2O/c21-17-6-7-18-19(14-17)24-22-20(18)16-9-12-23(13-10-16)11-8-15-4-2-1-3-5-15/h6-7,14-16H,1-5,8-13H2. The summed E-state index contributed by atoms with van der Waals surface area (Å²) in [4.78, 5) is 2.66. The second-order valence-electron chi connectivity index (χ2n) is 7.62. The Kier molecular flexibility index (Phi) is 5.09. The van der Waals surface area contributed by atoms with Gasteiger partial charge in [0.1, 0.15) is 0 Å². The molecule has 2 fully saturated rings. The summed E-state index contributed by atoms with van der Waals surface area (Å²) >= 11 is 6.04. The molecular formula is C20H27ClN2O. The predicted molar refractivity (Wildman–Crippen MR) is 98.6 cm³/mol. The summed E-state index contributed by atoms with van der Waals surface area (Å²) in [5.41, 5.74) is 1.95. The van der Waals surface area contributed by atoms with Gasteiger partial charge < -0.3 is 9.42 Å². The van der Waals surface area contributed by atoms with Gasteiger partial charge >= 0.3 is 0 Å². The van der Waals surface area contributed by atoms with E-state index >= 15 is 0 Å². The molecule has 0 unspecified atom stereocenters. The van der Waals surface area contributed by atoms with Gasteiger partial charge in [0, 0.05) is 22.4 Å². The van der Waals surface area contributed by atoms with Gasteiger partial charge in [-0.1, -0.05) is 48.9 Å². The average molecular weight is 347 g/mol. The van der Waals surface area contributed by atoms with Crippen LogP contribution in [0.4, 0.5) is 0 Å². The second kappa shape index (κ2) is 7.45. The number of nitrogens with zero attached hydrogens (tertiary/aromatic N) is 2. The number of rotatable bonds is 4. The summed E-state index contributed by atoms with van der Waals surface area (Å²) in [6.45, 7) is 3.67. The van der Waals surface area contributed by atoms with Gasteiger partial charge in [-0.15, -0.1) is 0 Å². The first-order valence-electron chi connectivity index (χ1n) is 9.57. The van der Waals surface area contributed by atoms with Crippen molar-refractivity contribution in [2.75, 3.05) is 19.6 Å². The van der Waals surface area contributed by atoms with Crippen LogP contribution in [-0.2, 0) is 0 Å². The van der Waals surface area contributed by atoms with E-state index < -0.39 is 0 Å². The molecular weight excluding hydrogens is 320 g/mol. The van der Waals surface area contributed by atoms with E-state index in [9.17, 15) is 0 Å². The molecule has 1 aliphatic heterocycles. The van der Waals surface area contributed by atoms with Crippen molar-refractivity contribution in [3.63, 3.8) is 0 Å². The molecule has 4 rings (SSSR count). The molecule has 0 radical (unpaired) electrons. The molecule has 1 saturated heterocycles. The van der Waals surface area contributed by atoms with Gasteiger partial charge in [0.05, 0.1) is 5.69 Å². The van der Waals surface area contributed by atoms with E-state index in [0.717, 1.165) is 22.6 Å². The van der Waals surface area contributed by atoms with E-state index in [1.165, 1.54) is 71.0 Å². The van der Waals surface area contributed by atoms with Gasteiger partial charge in [0.25, 0.3) is 0 Å². The second-order valence-corrected chi connectivity index (χ2v) is 8.05. The van der Waals surface area contributed by atoms with Gasteiger partial charge in [-0.05, 0) is 56.9 Å². The summed E-state index contributed by atoms with van der Waals surface area (Å²) in [5, 5.41) is 6.20. The van der Waals surface area contributed by atoms with Gasteiger partial charge in [-0.25, -0.2) is 0 Å². The van der Waals surface area contributed by atoms with Gasteiger partial charge in [-0.3, -0.25) is 0 Å². The molecule has 130 valence electrons. The maximum absolute atomic E-state index is 6.04. The van der Waals surface area contributed by atoms with Gasteiger partial charge in [0.2, 0.25) is 0 Å². The van der Waals surface area contributed by atoms with Gasteiger partial charge in [0.15, 0.2) is 5.58 Å². The Balaban J connectivity index is 1.32. The summed E-state index contributed by atoms with van der Waals surface area (Å²) in [5.74, 6) is 1.51. The smallest absolute Gasteiger partial charge is 0.168 e. The molecule has 0 spiro atoms. The zero-order valence-electron chi connectivity index (χ0n) is 14.3. The maximum atomic E-state index is 6.04. The van der Waals surface area contributed by atoms with Gasteiger partial charge in [-0.2, -0.15) is 0 Å². The lowest BCUT2D eigenvalue weighted by Crippen LogP contribution is -2.34. The zero-order valence-corrected chi connectivity index (χ0v) is 15.1. The van der Waals surface area contributed by atoms with Crippen molar-refractivity contribution in [1.29, 1.82) is 0 Å². The number of benzene rings is 1. The normalized spacial score (nSPS) is 21.5. The molecule has 0 amide bonds. The van der Waals surface area contributed by atoms with Crippen LogP contribution in [0.25, 0.3) is 11.0 Å². The topological polar surface area (TPSA) is 29.3 Å². The number of hydrogen-bond acceptors (Lipinski definition) is 3. The Labute approximate surface area is 149 Å². The first-order chi connectivity index (χ1) is 11.8. The Morgan fingerprint density at radius 1 is 1.08 bits per heavy atom. The minimum atomic E-state index is 0.526. The number of halogens is 1. The molecule has 24 heavy (non-hydrogen) atoms. The molecule has 3 nitrogen and oxygen atoms in total. The molecule has 2 aromatic rings. The fourth-order valence-electron chi connectivity index (χ4n) is 4.50. The molecule has 2 heterocycles. The first-order valence-corrected chi connectivity index (χ1v) is 9.94. The molecule has 0 bridgehead atoms. The highest BCUT2D eigenvalue weighted by molar-refractivity contribution is 6.31. The SMILES string of the molecule is Clc1ccc2c(C3CCN(CCC4CCCCC4)CC3)noc2c1. The van der Waals surface area contributed by atoms with Crippen molar-refractivity contribution in [2.24, 2.45) is 5.92 Å². The van der Waals surface area contributed by atoms with Crippen molar-refractivity contribution in [1.82, 2.24) is 10.1 Å². The molecule has 1 aromatic carbocycles. The van der Waals surface area contributed by atoms with Crippen LogP contribution >= 0.6 is 11.6 Å². The molecule has 0 N–H and O–H groups in total. The zero-order chi connectivity index (χ0) is 16.4. The van der Waals surface area contributed by atoms with Crippen LogP contribution in [0.3, 0.4) is 0 Å². The Morgan fingerprint density at radius 3 is 2.67 bits per heavy atom. The number of aromatic nitrogens is 1. The van der Waals surface area contributed by atoms with E-state index in [1.807, 2.05) is 12.1 Å². The van der Waals surface area contributed by atoms with Crippen LogP contribution in [0.2, 0.25) is 5.02 Å². The molecule has 4 heteroatoms. The summed E-state index contributed by atoms with van der Waals surface area (Å²) in [6.07, 6.45) is 11.1. The molecule has 1 aromatic heterocycles. The number of likely N-dealkylation sites (tertiary alicyclic amines) is 1. The lowest BCUT2D eigenvalue weighted by molar-refractivity contribution is 0.187. The van der Waals surface area contributed by atoms with Crippen molar-refractivity contribution >= 4 is 22.6 Å². The molecule has 1 saturated carbocycles. The molecule has 0 atom stereocenters. The van der Waals surface area contributed by atoms with E-state index in [-0.39, 0.29) is 0 Å². The Bertz CT molecular complexity index is 669. The number of hydrogen-bond donors (Lipinski definition) is 0. The molecule has 1 aliphatic carbocycles. The third kappa shape index (κ3) is 3.62. The highest BCUT2D eigenvalue weighted by Crippen LogP contribution is 2.34. The van der Waals surface area contributed by atoms with E-state index in [1.54, 1.807) is 0 Å². The minimum Gasteiger partial charge on any atom is -0.356 e. The van der Waals surface area contributed by atoms with E-state index in [2.05, 4.69) is 16.1 Å². The summed E-state index contributed by atoms with van der Waals surface area (Å²) < 4.78 is 5.49. The highest BCUT2D eigenvalue weighted by Gasteiger charge is 2.25. The average Bonchev–Trinajstić information content (AvgIpc) is 3.04. The van der Waals surface area contributed by atoms with Crippen molar-refractivity contribution in [3.05, 3.63) is 28.9 Å². The number of piperidine rings is 1. The minimum absolute atomic E-state index is 0.526. The summed E-state index contributed by atoms with van der Waals surface area (Å²) in [7, 11) is 0. The lowest BCUT2D eigenvalue weighted by atomic mass is 9.86. The Hall–Kier alpha value is -1.06. The highest BCUT2D eigenvalue weighted by atomic mass is 35.5. The van der Waals surface area contributed by atoms with Crippen LogP contribution < -0.4 is 0 Å². The monoisotopic (exact) mass is 346 g/mol. The quantitative estimate of drug-likeness (QED) is 0.718. The van der Waals surface area contributed by atoms with Crippen LogP contribution in [0, 0.1) is 5.92 Å². The lowest BCUT2D eigenvalue weighted by Gasteiger charge is -2.32. The fourth-order valence-corrected chi connectivity index (χ4v) is 4.66. The van der Waals surface area contributed by atoms with Crippen LogP contribution in [-0.4, -0.2) is 29.7 Å². The molecule has 2 aliphatic rings. The van der Waals surface area contributed by atoms with Crippen LogP contribution in [0.15, 0.2) is 22.7 Å². The third-order valence-electron chi connectivity index (χ3n) is 6.01. The van der Waals surface area contributed by atoms with Crippen LogP contribution in [0.5, 0.6) is 0 Å². The predicted octanol–water partition coefficient (Wildman–Crippen LogP) is 5.63. The van der Waals surface area contributed by atoms with E-state index in [0.29, 0.717) is 10.9 Å². The fraction of sp³-hybridized carbons (Fsp3) is 0.650. The van der Waals surface area contributed by atoms with Crippen LogP contribution in [0.1, 0.15) is 63.0 Å². The Morgan fingerprint density at radius 2 is 1.88 bits per heavy atom.